The molecule has 2 heterocycles. The molecule has 5 nitrogen and oxygen atoms in total. The Morgan fingerprint density at radius 2 is 1.75 bits per heavy atom. The largest absolute Gasteiger partial charge is 0.368 e. The molecule has 1 aromatic heterocycles. The van der Waals surface area contributed by atoms with E-state index in [4.69, 9.17) is 5.73 Å². The molecule has 24 heavy (non-hydrogen) atoms. The fourth-order valence-electron chi connectivity index (χ4n) is 2.49. The highest BCUT2D eigenvalue weighted by molar-refractivity contribution is 5.95. The number of nitrogens with zero attached hydrogens (tertiary/aromatic N) is 4. The average Bonchev–Trinajstić information content (AvgIpc) is 2.48. The molecular weight excluding hydrogens is 345 g/mol. The van der Waals surface area contributed by atoms with Crippen molar-refractivity contribution < 1.29 is 0 Å². The lowest BCUT2D eigenvalue weighted by atomic mass is 10.1. The minimum Gasteiger partial charge on any atom is -0.368 e. The maximum atomic E-state index is 5.68. The highest BCUT2D eigenvalue weighted by Crippen LogP contribution is 2.26. The second-order valence-electron chi connectivity index (χ2n) is 5.74. The summed E-state index contributed by atoms with van der Waals surface area (Å²) in [6, 6.07) is 14.3. The number of aromatic nitrogens is 1. The number of rotatable bonds is 3. The zero-order valence-corrected chi connectivity index (χ0v) is 15.2. The molecule has 7 heteroatoms. The van der Waals surface area contributed by atoms with Gasteiger partial charge in [-0.2, -0.15) is 0 Å². The van der Waals surface area contributed by atoms with Crippen molar-refractivity contribution in [3.63, 3.8) is 0 Å². The van der Waals surface area contributed by atoms with Gasteiger partial charge in [0.2, 0.25) is 5.96 Å². The first-order valence-electron chi connectivity index (χ1n) is 7.22. The van der Waals surface area contributed by atoms with Crippen molar-refractivity contribution in [1.29, 1.82) is 0 Å². The van der Waals surface area contributed by atoms with Gasteiger partial charge in [-0.1, -0.05) is 18.2 Å². The molecule has 0 saturated heterocycles. The van der Waals surface area contributed by atoms with Crippen LogP contribution in [0.15, 0.2) is 58.6 Å². The lowest BCUT2D eigenvalue weighted by Gasteiger charge is -2.35. The van der Waals surface area contributed by atoms with E-state index in [0.717, 1.165) is 17.8 Å². The summed E-state index contributed by atoms with van der Waals surface area (Å²) in [6.45, 7) is 4.01. The lowest BCUT2D eigenvalue weighted by Crippen LogP contribution is -2.46. The molecule has 128 valence electrons. The van der Waals surface area contributed by atoms with E-state index >= 15 is 0 Å². The monoisotopic (exact) mass is 365 g/mol. The molecule has 2 N–H and O–H groups in total. The molecule has 1 aliphatic rings. The molecule has 0 fully saturated rings. The third-order valence-corrected chi connectivity index (χ3v) is 3.61. The van der Waals surface area contributed by atoms with Crippen LogP contribution in [-0.2, 0) is 6.42 Å². The number of anilines is 1. The highest BCUT2D eigenvalue weighted by Gasteiger charge is 2.28. The quantitative estimate of drug-likeness (QED) is 0.905. The van der Waals surface area contributed by atoms with Gasteiger partial charge < -0.3 is 10.6 Å². The maximum absolute atomic E-state index is 5.68. The fraction of sp³-hybridized carbons (Fsp3) is 0.235. The smallest absolute Gasteiger partial charge is 0.219 e. The Balaban J connectivity index is 0.00000144. The van der Waals surface area contributed by atoms with Crippen molar-refractivity contribution in [2.75, 3.05) is 4.90 Å². The van der Waals surface area contributed by atoms with Crippen LogP contribution in [0.5, 0.6) is 0 Å². The molecule has 1 aliphatic heterocycles. The number of halogens is 2. The SMILES string of the molecule is CC1(C)N=C(N)N=CN1c1ccc(Cc2ccccn2)cc1.Cl.Cl. The molecule has 1 aromatic carbocycles. The molecule has 0 saturated carbocycles. The van der Waals surface area contributed by atoms with Crippen LogP contribution in [-0.4, -0.2) is 22.9 Å². The number of hydrogen-bond donors (Lipinski definition) is 1. The minimum absolute atomic E-state index is 0. The van der Waals surface area contributed by atoms with Crippen molar-refractivity contribution in [2.24, 2.45) is 15.7 Å². The third kappa shape index (κ3) is 4.46. The molecule has 0 spiro atoms. The lowest BCUT2D eigenvalue weighted by molar-refractivity contribution is 0.540. The van der Waals surface area contributed by atoms with Crippen molar-refractivity contribution in [2.45, 2.75) is 25.9 Å². The topological polar surface area (TPSA) is 66.9 Å². The van der Waals surface area contributed by atoms with E-state index in [1.807, 2.05) is 43.1 Å². The van der Waals surface area contributed by atoms with Gasteiger partial charge in [-0.3, -0.25) is 4.98 Å². The number of pyridine rings is 1. The highest BCUT2D eigenvalue weighted by atomic mass is 35.5. The molecular formula is C17H21Cl2N5. The second-order valence-corrected chi connectivity index (χ2v) is 5.74. The normalized spacial score (nSPS) is 15.1. The van der Waals surface area contributed by atoms with E-state index in [-0.39, 0.29) is 24.8 Å². The molecule has 0 amide bonds. The van der Waals surface area contributed by atoms with Crippen LogP contribution >= 0.6 is 24.8 Å². The van der Waals surface area contributed by atoms with Crippen LogP contribution in [0.25, 0.3) is 0 Å². The molecule has 0 atom stereocenters. The number of hydrogen-bond acceptors (Lipinski definition) is 5. The first-order chi connectivity index (χ1) is 10.5. The number of nitrogens with two attached hydrogens (primary N) is 1. The van der Waals surface area contributed by atoms with Gasteiger partial charge in [0, 0.05) is 24.0 Å². The summed E-state index contributed by atoms with van der Waals surface area (Å²) in [5.41, 5.74) is 8.56. The predicted molar refractivity (Wildman–Crippen MR) is 105 cm³/mol. The van der Waals surface area contributed by atoms with Gasteiger partial charge in [-0.05, 0) is 43.7 Å². The van der Waals surface area contributed by atoms with Crippen LogP contribution in [0, 0.1) is 0 Å². The van der Waals surface area contributed by atoms with E-state index < -0.39 is 5.66 Å². The summed E-state index contributed by atoms with van der Waals surface area (Å²) in [5.74, 6) is 0.313. The van der Waals surface area contributed by atoms with E-state index in [1.54, 1.807) is 6.34 Å². The van der Waals surface area contributed by atoms with Gasteiger partial charge >= 0.3 is 0 Å². The standard InChI is InChI=1S/C17H19N5.2ClH/c1-17(2)21-16(18)20-12-22(17)15-8-6-13(7-9-15)11-14-5-3-4-10-19-14;;/h3-10,12H,11H2,1-2H3,(H2,18,21);2*1H. The maximum Gasteiger partial charge on any atom is 0.219 e. The summed E-state index contributed by atoms with van der Waals surface area (Å²) < 4.78 is 0. The molecule has 0 radical (unpaired) electrons. The Morgan fingerprint density at radius 3 is 2.33 bits per heavy atom. The zero-order valence-electron chi connectivity index (χ0n) is 13.6. The number of aliphatic imine (C=N–C) groups is 2. The summed E-state index contributed by atoms with van der Waals surface area (Å²) in [7, 11) is 0. The van der Waals surface area contributed by atoms with E-state index in [9.17, 15) is 0 Å². The number of benzene rings is 1. The Labute approximate surface area is 154 Å². The Morgan fingerprint density at radius 1 is 1.04 bits per heavy atom. The van der Waals surface area contributed by atoms with Crippen LogP contribution in [0.3, 0.4) is 0 Å². The summed E-state index contributed by atoms with van der Waals surface area (Å²) in [4.78, 5) is 14.8. The fourth-order valence-corrected chi connectivity index (χ4v) is 2.49. The summed E-state index contributed by atoms with van der Waals surface area (Å²) in [6.07, 6.45) is 4.37. The van der Waals surface area contributed by atoms with Gasteiger partial charge in [-0.15, -0.1) is 24.8 Å². The van der Waals surface area contributed by atoms with Crippen LogP contribution in [0.4, 0.5) is 5.69 Å². The predicted octanol–water partition coefficient (Wildman–Crippen LogP) is 3.42. The van der Waals surface area contributed by atoms with Gasteiger partial charge in [0.15, 0.2) is 0 Å². The molecule has 0 unspecified atom stereocenters. The van der Waals surface area contributed by atoms with Crippen molar-refractivity contribution in [1.82, 2.24) is 4.98 Å². The Hall–Kier alpha value is -2.11. The first kappa shape index (κ1) is 19.9. The zero-order chi connectivity index (χ0) is 15.6. The van der Waals surface area contributed by atoms with Gasteiger partial charge in [-0.25, -0.2) is 9.98 Å². The van der Waals surface area contributed by atoms with Gasteiger partial charge in [0.25, 0.3) is 0 Å². The Bertz CT molecular complexity index is 712. The Kier molecular flexibility index (Phi) is 6.75. The summed E-state index contributed by atoms with van der Waals surface area (Å²) >= 11 is 0. The van der Waals surface area contributed by atoms with E-state index in [2.05, 4.69) is 39.2 Å². The molecule has 0 bridgehead atoms. The number of guanidine groups is 1. The third-order valence-electron chi connectivity index (χ3n) is 3.61. The van der Waals surface area contributed by atoms with Crippen molar-refractivity contribution in [3.8, 4) is 0 Å². The van der Waals surface area contributed by atoms with Gasteiger partial charge in [0.1, 0.15) is 12.0 Å². The van der Waals surface area contributed by atoms with Gasteiger partial charge in [0.05, 0.1) is 0 Å². The van der Waals surface area contributed by atoms with Crippen LogP contribution in [0.1, 0.15) is 25.1 Å². The summed E-state index contributed by atoms with van der Waals surface area (Å²) in [5, 5.41) is 0. The second kappa shape index (κ2) is 8.13. The molecule has 0 aliphatic carbocycles. The first-order valence-corrected chi connectivity index (χ1v) is 7.22. The minimum atomic E-state index is -0.436. The van der Waals surface area contributed by atoms with Crippen molar-refractivity contribution >= 4 is 42.8 Å². The van der Waals surface area contributed by atoms with Crippen LogP contribution in [0.2, 0.25) is 0 Å². The van der Waals surface area contributed by atoms with Crippen LogP contribution < -0.4 is 10.6 Å². The van der Waals surface area contributed by atoms with E-state index in [0.29, 0.717) is 5.96 Å². The van der Waals surface area contributed by atoms with E-state index in [1.165, 1.54) is 5.56 Å². The molecule has 2 aromatic rings. The van der Waals surface area contributed by atoms with Crippen molar-refractivity contribution in [3.05, 3.63) is 59.9 Å². The molecule has 3 rings (SSSR count). The average molecular weight is 366 g/mol.